The van der Waals surface area contributed by atoms with Gasteiger partial charge in [0.15, 0.2) is 0 Å². The van der Waals surface area contributed by atoms with Crippen LogP contribution < -0.4 is 0 Å². The molecule has 2 N–H and O–H groups in total. The summed E-state index contributed by atoms with van der Waals surface area (Å²) in [5.41, 5.74) is -3.20. The fraction of sp³-hybridized carbons (Fsp3) is 0.467. The Balaban J connectivity index is 2.03. The Kier molecular flexibility index (Phi) is 3.59. The molecule has 8 heteroatoms. The summed E-state index contributed by atoms with van der Waals surface area (Å²) in [6, 6.07) is 4.76. The van der Waals surface area contributed by atoms with Crippen LogP contribution >= 0.6 is 0 Å². The van der Waals surface area contributed by atoms with Crippen LogP contribution in [0, 0.1) is 5.92 Å². The lowest BCUT2D eigenvalue weighted by molar-refractivity contribution is -0.312. The first kappa shape index (κ1) is 15.8. The molecule has 0 saturated heterocycles. The Hall–Kier alpha value is -2.09. The zero-order chi connectivity index (χ0) is 16.8. The molecule has 2 aliphatic rings. The first-order valence-electron chi connectivity index (χ1n) is 7.25. The molecule has 0 radical (unpaired) electrons. The molecule has 1 aliphatic carbocycles. The maximum Gasteiger partial charge on any atom is 0.439 e. The highest BCUT2D eigenvalue weighted by Crippen LogP contribution is 2.48. The third kappa shape index (κ3) is 2.37. The number of halogens is 3. The molecular formula is C15H15F3N2O3. The number of carbonyl (C=O) groups is 1. The number of amides is 1. The van der Waals surface area contributed by atoms with E-state index in [9.17, 15) is 28.2 Å². The highest BCUT2D eigenvalue weighted by atomic mass is 19.4. The van der Waals surface area contributed by atoms with Crippen LogP contribution in [0.4, 0.5) is 13.2 Å². The van der Waals surface area contributed by atoms with Crippen molar-refractivity contribution >= 4 is 11.6 Å². The Morgan fingerprint density at radius 3 is 2.52 bits per heavy atom. The molecule has 1 fully saturated rings. The normalized spacial score (nSPS) is 27.6. The van der Waals surface area contributed by atoms with Gasteiger partial charge in [-0.15, -0.1) is 0 Å². The van der Waals surface area contributed by atoms with Crippen LogP contribution in [0.1, 0.15) is 36.0 Å². The Labute approximate surface area is 130 Å². The molecule has 1 aliphatic heterocycles. The summed E-state index contributed by atoms with van der Waals surface area (Å²) in [6.07, 6.45) is -3.32. The molecule has 0 bridgehead atoms. The zero-order valence-corrected chi connectivity index (χ0v) is 12.0. The van der Waals surface area contributed by atoms with Crippen LogP contribution in [0.15, 0.2) is 29.4 Å². The number of alkyl halides is 3. The number of aromatic hydroxyl groups is 1. The Morgan fingerprint density at radius 2 is 1.91 bits per heavy atom. The monoisotopic (exact) mass is 328 g/mol. The summed E-state index contributed by atoms with van der Waals surface area (Å²) < 4.78 is 40.6. The molecule has 1 aromatic carbocycles. The van der Waals surface area contributed by atoms with Gasteiger partial charge in [-0.05, 0) is 43.5 Å². The lowest BCUT2D eigenvalue weighted by atomic mass is 9.80. The molecule has 1 aromatic rings. The van der Waals surface area contributed by atoms with Crippen molar-refractivity contribution in [2.75, 3.05) is 0 Å². The minimum Gasteiger partial charge on any atom is -0.508 e. The van der Waals surface area contributed by atoms with Crippen molar-refractivity contribution in [3.63, 3.8) is 0 Å². The van der Waals surface area contributed by atoms with E-state index >= 15 is 0 Å². The Bertz CT molecular complexity index is 657. The smallest absolute Gasteiger partial charge is 0.439 e. The number of hydrogen-bond acceptors (Lipinski definition) is 4. The van der Waals surface area contributed by atoms with Gasteiger partial charge in [-0.1, -0.05) is 6.42 Å². The largest absolute Gasteiger partial charge is 0.508 e. The molecule has 5 nitrogen and oxygen atoms in total. The van der Waals surface area contributed by atoms with Crippen molar-refractivity contribution in [1.82, 2.24) is 5.01 Å². The number of nitrogens with zero attached hydrogens (tertiary/aromatic N) is 2. The van der Waals surface area contributed by atoms with Gasteiger partial charge in [0.05, 0.1) is 5.92 Å². The van der Waals surface area contributed by atoms with E-state index in [1.54, 1.807) is 0 Å². The van der Waals surface area contributed by atoms with Gasteiger partial charge in [0.2, 0.25) is 0 Å². The van der Waals surface area contributed by atoms with Crippen LogP contribution in [0.5, 0.6) is 5.75 Å². The van der Waals surface area contributed by atoms with Crippen LogP contribution in [0.2, 0.25) is 0 Å². The number of hydrazone groups is 1. The summed E-state index contributed by atoms with van der Waals surface area (Å²) in [6.45, 7) is 0. The minimum absolute atomic E-state index is 0.0894. The predicted octanol–water partition coefficient (Wildman–Crippen LogP) is 2.65. The van der Waals surface area contributed by atoms with E-state index in [1.807, 2.05) is 0 Å². The van der Waals surface area contributed by atoms with E-state index in [0.717, 1.165) is 0 Å². The number of benzene rings is 1. The first-order valence-corrected chi connectivity index (χ1v) is 7.25. The fourth-order valence-electron chi connectivity index (χ4n) is 3.15. The average Bonchev–Trinajstić information content (AvgIpc) is 2.82. The number of hydrogen-bond donors (Lipinski definition) is 2. The van der Waals surface area contributed by atoms with Crippen molar-refractivity contribution in [2.24, 2.45) is 11.0 Å². The zero-order valence-electron chi connectivity index (χ0n) is 12.0. The summed E-state index contributed by atoms with van der Waals surface area (Å²) >= 11 is 0. The van der Waals surface area contributed by atoms with Crippen LogP contribution in [-0.2, 0) is 0 Å². The second-order valence-corrected chi connectivity index (χ2v) is 5.78. The molecule has 0 spiro atoms. The van der Waals surface area contributed by atoms with E-state index in [0.29, 0.717) is 19.3 Å². The number of aliphatic hydroxyl groups is 1. The van der Waals surface area contributed by atoms with E-state index in [4.69, 9.17) is 0 Å². The number of phenols is 1. The van der Waals surface area contributed by atoms with E-state index in [2.05, 4.69) is 5.10 Å². The van der Waals surface area contributed by atoms with Gasteiger partial charge in [-0.2, -0.15) is 23.3 Å². The predicted molar refractivity (Wildman–Crippen MR) is 74.7 cm³/mol. The summed E-state index contributed by atoms with van der Waals surface area (Å²) in [4.78, 5) is 12.4. The molecule has 1 amide bonds. The molecular weight excluding hydrogens is 313 g/mol. The summed E-state index contributed by atoms with van der Waals surface area (Å²) in [5, 5.41) is 23.6. The third-order valence-corrected chi connectivity index (χ3v) is 4.34. The van der Waals surface area contributed by atoms with Crippen LogP contribution in [0.25, 0.3) is 0 Å². The van der Waals surface area contributed by atoms with Crippen molar-refractivity contribution < 1.29 is 28.2 Å². The highest BCUT2D eigenvalue weighted by molar-refractivity contribution is 5.99. The lowest BCUT2D eigenvalue weighted by Gasteiger charge is -2.38. The van der Waals surface area contributed by atoms with Gasteiger partial charge in [-0.25, -0.2) is 0 Å². The number of phenolic OH excluding ortho intramolecular Hbond substituents is 1. The molecule has 0 unspecified atom stereocenters. The van der Waals surface area contributed by atoms with Gasteiger partial charge >= 0.3 is 6.18 Å². The van der Waals surface area contributed by atoms with Gasteiger partial charge in [0.1, 0.15) is 5.75 Å². The van der Waals surface area contributed by atoms with Gasteiger partial charge in [0.25, 0.3) is 11.6 Å². The molecule has 1 saturated carbocycles. The highest BCUT2D eigenvalue weighted by Gasteiger charge is 2.68. The second kappa shape index (κ2) is 5.23. The van der Waals surface area contributed by atoms with Crippen molar-refractivity contribution in [1.29, 1.82) is 0 Å². The average molecular weight is 328 g/mol. The van der Waals surface area contributed by atoms with Crippen molar-refractivity contribution in [3.8, 4) is 5.75 Å². The summed E-state index contributed by atoms with van der Waals surface area (Å²) in [5.74, 6) is -2.39. The molecule has 3 rings (SSSR count). The van der Waals surface area contributed by atoms with Crippen molar-refractivity contribution in [3.05, 3.63) is 29.8 Å². The van der Waals surface area contributed by atoms with Crippen molar-refractivity contribution in [2.45, 2.75) is 37.6 Å². The SMILES string of the molecule is O=C(c1ccc(O)cc1)N1N=C2CCCC[C@H]2[C@]1(O)C(F)(F)F. The first-order chi connectivity index (χ1) is 10.7. The third-order valence-electron chi connectivity index (χ3n) is 4.34. The number of rotatable bonds is 1. The lowest BCUT2D eigenvalue weighted by Crippen LogP contribution is -2.61. The molecule has 1 heterocycles. The fourth-order valence-corrected chi connectivity index (χ4v) is 3.15. The second-order valence-electron chi connectivity index (χ2n) is 5.78. The van der Waals surface area contributed by atoms with E-state index in [-0.39, 0.29) is 28.5 Å². The molecule has 124 valence electrons. The number of fused-ring (bicyclic) bond motifs is 1. The quantitative estimate of drug-likeness (QED) is 0.832. The van der Waals surface area contributed by atoms with E-state index in [1.165, 1.54) is 24.3 Å². The maximum absolute atomic E-state index is 13.5. The molecule has 2 atom stereocenters. The van der Waals surface area contributed by atoms with Gasteiger partial charge in [-0.3, -0.25) is 4.79 Å². The van der Waals surface area contributed by atoms with E-state index < -0.39 is 23.7 Å². The number of carbonyl (C=O) groups excluding carboxylic acids is 1. The standard InChI is InChI=1S/C15H15F3N2O3/c16-15(17,18)14(23)11-3-1-2-4-12(11)19-20(14)13(22)9-5-7-10(21)8-6-9/h5-8,11,21,23H,1-4H2/t11-,14+/m1/s1. The maximum atomic E-state index is 13.5. The Morgan fingerprint density at radius 1 is 1.26 bits per heavy atom. The van der Waals surface area contributed by atoms with Crippen LogP contribution in [-0.4, -0.2) is 38.7 Å². The topological polar surface area (TPSA) is 73.1 Å². The minimum atomic E-state index is -5.02. The van der Waals surface area contributed by atoms with Crippen LogP contribution in [0.3, 0.4) is 0 Å². The summed E-state index contributed by atoms with van der Waals surface area (Å²) in [7, 11) is 0. The molecule has 0 aromatic heterocycles. The van der Waals surface area contributed by atoms with Gasteiger partial charge < -0.3 is 10.2 Å². The van der Waals surface area contributed by atoms with Gasteiger partial charge in [0, 0.05) is 11.3 Å². The molecule has 23 heavy (non-hydrogen) atoms.